The minimum atomic E-state index is -1.42. The molecule has 106 valence electrons. The van der Waals surface area contributed by atoms with E-state index in [-0.39, 0.29) is 12.4 Å². The van der Waals surface area contributed by atoms with Crippen LogP contribution in [0.15, 0.2) is 30.3 Å². The highest BCUT2D eigenvalue weighted by Gasteiger charge is 2.39. The Morgan fingerprint density at radius 1 is 1.26 bits per heavy atom. The van der Waals surface area contributed by atoms with Crippen LogP contribution in [0.25, 0.3) is 0 Å². The van der Waals surface area contributed by atoms with Crippen LogP contribution in [-0.4, -0.2) is 28.6 Å². The molecule has 0 unspecified atom stereocenters. The maximum absolute atomic E-state index is 12.2. The fraction of sp³-hybridized carbons (Fsp3) is 0.533. The molecule has 0 fully saturated rings. The molecule has 0 aliphatic heterocycles. The van der Waals surface area contributed by atoms with Crippen molar-refractivity contribution in [3.05, 3.63) is 30.3 Å². The average Bonchev–Trinajstić information content (AvgIpc) is 2.27. The summed E-state index contributed by atoms with van der Waals surface area (Å²) in [5.41, 5.74) is 3.86. The van der Waals surface area contributed by atoms with E-state index >= 15 is 0 Å². The number of para-hydroxylation sites is 1. The molecule has 4 heteroatoms. The minimum Gasteiger partial charge on any atom is -0.493 e. The van der Waals surface area contributed by atoms with Crippen LogP contribution < -0.4 is 10.5 Å². The van der Waals surface area contributed by atoms with Crippen LogP contribution in [0.3, 0.4) is 0 Å². The van der Waals surface area contributed by atoms with Crippen molar-refractivity contribution in [1.82, 2.24) is 0 Å². The number of ketones is 1. The van der Waals surface area contributed by atoms with Crippen molar-refractivity contribution in [1.29, 1.82) is 0 Å². The van der Waals surface area contributed by atoms with E-state index in [0.717, 1.165) is 0 Å². The lowest BCUT2D eigenvalue weighted by Crippen LogP contribution is -2.53. The summed E-state index contributed by atoms with van der Waals surface area (Å²) in [6, 6.07) is 9.23. The highest BCUT2D eigenvalue weighted by atomic mass is 16.5. The molecule has 1 aromatic carbocycles. The number of hydrogen-bond acceptors (Lipinski definition) is 4. The minimum absolute atomic E-state index is 0.149. The van der Waals surface area contributed by atoms with E-state index in [9.17, 15) is 9.90 Å². The van der Waals surface area contributed by atoms with Gasteiger partial charge in [-0.3, -0.25) is 4.79 Å². The van der Waals surface area contributed by atoms with E-state index in [4.69, 9.17) is 10.5 Å². The van der Waals surface area contributed by atoms with Crippen LogP contribution in [0.4, 0.5) is 0 Å². The molecule has 3 N–H and O–H groups in total. The number of nitrogens with two attached hydrogens (primary N) is 1. The fourth-order valence-electron chi connectivity index (χ4n) is 1.75. The van der Waals surface area contributed by atoms with Gasteiger partial charge in [0.1, 0.15) is 11.4 Å². The Morgan fingerprint density at radius 2 is 1.79 bits per heavy atom. The predicted octanol–water partition coefficient (Wildman–Crippen LogP) is 1.76. The van der Waals surface area contributed by atoms with Gasteiger partial charge in [0.25, 0.3) is 0 Å². The summed E-state index contributed by atoms with van der Waals surface area (Å²) in [7, 11) is 0. The quantitative estimate of drug-likeness (QED) is 0.822. The van der Waals surface area contributed by atoms with Gasteiger partial charge in [0, 0.05) is 5.54 Å². The zero-order valence-electron chi connectivity index (χ0n) is 12.0. The summed E-state index contributed by atoms with van der Waals surface area (Å²) in [5.74, 6) is -0.205. The van der Waals surface area contributed by atoms with E-state index in [1.807, 2.05) is 30.3 Å². The number of ether oxygens (including phenoxy) is 1. The highest BCUT2D eigenvalue weighted by molar-refractivity contribution is 5.89. The van der Waals surface area contributed by atoms with Crippen molar-refractivity contribution < 1.29 is 14.6 Å². The number of hydrogen-bond donors (Lipinski definition) is 2. The van der Waals surface area contributed by atoms with Crippen LogP contribution in [0.2, 0.25) is 0 Å². The monoisotopic (exact) mass is 265 g/mol. The van der Waals surface area contributed by atoms with Crippen LogP contribution in [0.1, 0.15) is 27.7 Å². The molecule has 0 amide bonds. The van der Waals surface area contributed by atoms with Crippen LogP contribution in [-0.2, 0) is 4.79 Å². The van der Waals surface area contributed by atoms with Gasteiger partial charge < -0.3 is 15.6 Å². The number of aliphatic hydroxyl groups is 1. The summed E-state index contributed by atoms with van der Waals surface area (Å²) in [5, 5.41) is 9.86. The first-order chi connectivity index (χ1) is 8.62. The van der Waals surface area contributed by atoms with Gasteiger partial charge in [-0.25, -0.2) is 0 Å². The van der Waals surface area contributed by atoms with E-state index < -0.39 is 17.1 Å². The van der Waals surface area contributed by atoms with Gasteiger partial charge >= 0.3 is 0 Å². The van der Waals surface area contributed by atoms with Gasteiger partial charge in [-0.15, -0.1) is 0 Å². The molecule has 4 nitrogen and oxygen atoms in total. The smallest absolute Gasteiger partial charge is 0.172 e. The summed E-state index contributed by atoms with van der Waals surface area (Å²) in [4.78, 5) is 12.2. The highest BCUT2D eigenvalue weighted by Crippen LogP contribution is 2.22. The Labute approximate surface area is 114 Å². The van der Waals surface area contributed by atoms with E-state index in [2.05, 4.69) is 0 Å². The second-order valence-corrected chi connectivity index (χ2v) is 5.92. The maximum atomic E-state index is 12.2. The van der Waals surface area contributed by atoms with E-state index in [1.54, 1.807) is 13.8 Å². The topological polar surface area (TPSA) is 72.5 Å². The van der Waals surface area contributed by atoms with Gasteiger partial charge in [-0.05, 0) is 39.8 Å². The van der Waals surface area contributed by atoms with Gasteiger partial charge in [-0.2, -0.15) is 0 Å². The molecular weight excluding hydrogens is 242 g/mol. The lowest BCUT2D eigenvalue weighted by atomic mass is 9.80. The lowest BCUT2D eigenvalue weighted by molar-refractivity contribution is -0.141. The van der Waals surface area contributed by atoms with Crippen molar-refractivity contribution in [3.8, 4) is 5.75 Å². The van der Waals surface area contributed by atoms with Crippen molar-refractivity contribution in [2.45, 2.75) is 38.8 Å². The third kappa shape index (κ3) is 4.65. The molecule has 0 bridgehead atoms. The van der Waals surface area contributed by atoms with Crippen molar-refractivity contribution >= 4 is 5.78 Å². The third-order valence-corrected chi connectivity index (χ3v) is 2.98. The Hall–Kier alpha value is -1.39. The molecule has 1 rings (SSSR count). The molecule has 0 aromatic heterocycles. The first kappa shape index (κ1) is 15.7. The Bertz CT molecular complexity index is 415. The molecule has 0 aliphatic carbocycles. The molecule has 0 heterocycles. The Morgan fingerprint density at radius 3 is 2.21 bits per heavy atom. The van der Waals surface area contributed by atoms with Crippen LogP contribution >= 0.6 is 0 Å². The van der Waals surface area contributed by atoms with Gasteiger partial charge in [-0.1, -0.05) is 18.2 Å². The predicted molar refractivity (Wildman–Crippen MR) is 75.0 cm³/mol. The molecule has 0 aliphatic rings. The maximum Gasteiger partial charge on any atom is 0.172 e. The van der Waals surface area contributed by atoms with Gasteiger partial charge in [0.2, 0.25) is 0 Å². The summed E-state index contributed by atoms with van der Waals surface area (Å²) in [6.45, 7) is 6.61. The first-order valence-corrected chi connectivity index (χ1v) is 6.36. The number of Topliss-reactive ketones (excluding diaryl/α,β-unsaturated/α-hetero) is 1. The zero-order valence-corrected chi connectivity index (χ0v) is 12.0. The Balaban J connectivity index is 2.80. The third-order valence-electron chi connectivity index (χ3n) is 2.98. The van der Waals surface area contributed by atoms with Crippen molar-refractivity contribution in [2.24, 2.45) is 11.7 Å². The first-order valence-electron chi connectivity index (χ1n) is 6.36. The summed E-state index contributed by atoms with van der Waals surface area (Å²) >= 11 is 0. The molecule has 1 atom stereocenters. The zero-order chi connectivity index (χ0) is 14.7. The summed E-state index contributed by atoms with van der Waals surface area (Å²) in [6.07, 6.45) is 0. The van der Waals surface area contributed by atoms with Crippen LogP contribution in [0, 0.1) is 5.92 Å². The second kappa shape index (κ2) is 5.72. The average molecular weight is 265 g/mol. The summed E-state index contributed by atoms with van der Waals surface area (Å²) < 4.78 is 5.60. The molecule has 0 radical (unpaired) electrons. The number of carbonyl (C=O) groups is 1. The van der Waals surface area contributed by atoms with Crippen LogP contribution in [0.5, 0.6) is 5.75 Å². The molecule has 0 saturated carbocycles. The lowest BCUT2D eigenvalue weighted by Gasteiger charge is -2.33. The molecule has 0 saturated heterocycles. The molecule has 1 aromatic rings. The van der Waals surface area contributed by atoms with E-state index in [0.29, 0.717) is 5.75 Å². The SMILES string of the molecule is CC(C)(O)C(=O)[C@H](COc1ccccc1)C(C)(C)N. The normalized spacial score (nSPS) is 14.0. The standard InChI is InChI=1S/C15H23NO3/c1-14(2,16)12(13(17)15(3,4)18)10-19-11-8-6-5-7-9-11/h5-9,12,18H,10,16H2,1-4H3/t12-/m0/s1. The molecular formula is C15H23NO3. The number of benzene rings is 1. The molecule has 19 heavy (non-hydrogen) atoms. The second-order valence-electron chi connectivity index (χ2n) is 5.92. The Kier molecular flexibility index (Phi) is 4.71. The van der Waals surface area contributed by atoms with Gasteiger partial charge in [0.15, 0.2) is 5.78 Å². The van der Waals surface area contributed by atoms with Gasteiger partial charge in [0.05, 0.1) is 12.5 Å². The number of rotatable bonds is 6. The van der Waals surface area contributed by atoms with Crippen molar-refractivity contribution in [2.75, 3.05) is 6.61 Å². The van der Waals surface area contributed by atoms with E-state index in [1.165, 1.54) is 13.8 Å². The fourth-order valence-corrected chi connectivity index (χ4v) is 1.75. The van der Waals surface area contributed by atoms with Crippen molar-refractivity contribution in [3.63, 3.8) is 0 Å². The largest absolute Gasteiger partial charge is 0.493 e. The number of carbonyl (C=O) groups excluding carboxylic acids is 1. The molecule has 0 spiro atoms.